The Morgan fingerprint density at radius 3 is 1.79 bits per heavy atom. The lowest BCUT2D eigenvalue weighted by atomic mass is 10.0. The molecule has 0 atom stereocenters. The van der Waals surface area contributed by atoms with Crippen molar-refractivity contribution in [3.8, 4) is 0 Å². The number of rotatable bonds is 5. The predicted octanol–water partition coefficient (Wildman–Crippen LogP) is 3.95. The van der Waals surface area contributed by atoms with E-state index in [9.17, 15) is 9.59 Å². The molecule has 0 aromatic heterocycles. The van der Waals surface area contributed by atoms with Crippen molar-refractivity contribution < 1.29 is 9.59 Å². The molecule has 0 heterocycles. The van der Waals surface area contributed by atoms with E-state index >= 15 is 0 Å². The Labute approximate surface area is 143 Å². The van der Waals surface area contributed by atoms with Crippen molar-refractivity contribution in [2.45, 2.75) is 40.0 Å². The van der Waals surface area contributed by atoms with Crippen molar-refractivity contribution in [3.05, 3.63) is 59.2 Å². The highest BCUT2D eigenvalue weighted by Crippen LogP contribution is 2.22. The van der Waals surface area contributed by atoms with Crippen molar-refractivity contribution in [1.29, 1.82) is 0 Å². The topological polar surface area (TPSA) is 58.2 Å². The van der Waals surface area contributed by atoms with E-state index in [0.29, 0.717) is 5.69 Å². The zero-order valence-corrected chi connectivity index (χ0v) is 14.5. The summed E-state index contributed by atoms with van der Waals surface area (Å²) in [6.07, 6.45) is 2.52. The number of anilines is 2. The summed E-state index contributed by atoms with van der Waals surface area (Å²) in [6.45, 7) is 6.12. The summed E-state index contributed by atoms with van der Waals surface area (Å²) >= 11 is 0. The van der Waals surface area contributed by atoms with Crippen LogP contribution in [0.4, 0.5) is 11.4 Å². The number of carbonyl (C=O) groups excluding carboxylic acids is 2. The largest absolute Gasteiger partial charge is 0.318 e. The van der Waals surface area contributed by atoms with Crippen LogP contribution in [0.1, 0.15) is 37.5 Å². The first-order valence-corrected chi connectivity index (χ1v) is 8.41. The van der Waals surface area contributed by atoms with Gasteiger partial charge in [-0.3, -0.25) is 9.59 Å². The normalized spacial score (nSPS) is 10.3. The Bertz CT molecular complexity index is 699. The third-order valence-corrected chi connectivity index (χ3v) is 4.06. The molecule has 0 bridgehead atoms. The molecule has 0 aliphatic heterocycles. The van der Waals surface area contributed by atoms with E-state index in [-0.39, 0.29) is 0 Å². The minimum Gasteiger partial charge on any atom is -0.318 e. The molecule has 0 fully saturated rings. The van der Waals surface area contributed by atoms with Crippen LogP contribution in [0.25, 0.3) is 0 Å². The standard InChI is InChI=1S/C20H24N2O2/c1-4-14-10-12-17(13-11-14)21-19(23)20(24)22-18-15(5-2)8-7-9-16(18)6-3/h7-13H,4-6H2,1-3H3,(H,21,23)(H,22,24). The number of nitrogens with one attached hydrogen (secondary N) is 2. The number of para-hydroxylation sites is 1. The molecule has 0 saturated carbocycles. The third kappa shape index (κ3) is 4.22. The number of hydrogen-bond donors (Lipinski definition) is 2. The van der Waals surface area contributed by atoms with Crippen molar-refractivity contribution in [3.63, 3.8) is 0 Å². The Morgan fingerprint density at radius 1 is 0.750 bits per heavy atom. The summed E-state index contributed by atoms with van der Waals surface area (Å²) in [5, 5.41) is 5.41. The van der Waals surface area contributed by atoms with Gasteiger partial charge in [0, 0.05) is 11.4 Å². The number of hydrogen-bond acceptors (Lipinski definition) is 2. The van der Waals surface area contributed by atoms with Gasteiger partial charge in [-0.2, -0.15) is 0 Å². The monoisotopic (exact) mass is 324 g/mol. The highest BCUT2D eigenvalue weighted by atomic mass is 16.2. The zero-order chi connectivity index (χ0) is 17.5. The van der Waals surface area contributed by atoms with Gasteiger partial charge in [0.15, 0.2) is 0 Å². The van der Waals surface area contributed by atoms with E-state index in [1.165, 1.54) is 5.56 Å². The lowest BCUT2D eigenvalue weighted by Crippen LogP contribution is -2.29. The summed E-state index contributed by atoms with van der Waals surface area (Å²) < 4.78 is 0. The first-order chi connectivity index (χ1) is 11.6. The fourth-order valence-electron chi connectivity index (χ4n) is 2.59. The lowest BCUT2D eigenvalue weighted by molar-refractivity contribution is -0.133. The molecule has 2 aromatic rings. The van der Waals surface area contributed by atoms with Crippen LogP contribution in [0.15, 0.2) is 42.5 Å². The maximum atomic E-state index is 12.3. The van der Waals surface area contributed by atoms with Crippen molar-refractivity contribution in [2.75, 3.05) is 10.6 Å². The van der Waals surface area contributed by atoms with Crippen LogP contribution in [0, 0.1) is 0 Å². The molecule has 0 saturated heterocycles. The minimum atomic E-state index is -0.660. The Morgan fingerprint density at radius 2 is 1.29 bits per heavy atom. The molecule has 0 radical (unpaired) electrons. The van der Waals surface area contributed by atoms with Gasteiger partial charge in [0.05, 0.1) is 0 Å². The number of aryl methyl sites for hydroxylation is 3. The van der Waals surface area contributed by atoms with E-state index in [0.717, 1.165) is 36.1 Å². The summed E-state index contributed by atoms with van der Waals surface area (Å²) in [5.41, 5.74) is 4.61. The molecular formula is C20H24N2O2. The van der Waals surface area contributed by atoms with E-state index in [1.807, 2.05) is 56.3 Å². The number of benzene rings is 2. The predicted molar refractivity (Wildman–Crippen MR) is 98.3 cm³/mol. The SMILES string of the molecule is CCc1ccc(NC(=O)C(=O)Nc2c(CC)cccc2CC)cc1. The summed E-state index contributed by atoms with van der Waals surface area (Å²) in [5.74, 6) is -1.31. The van der Waals surface area contributed by atoms with Crippen LogP contribution < -0.4 is 10.6 Å². The molecular weight excluding hydrogens is 300 g/mol. The maximum Gasteiger partial charge on any atom is 0.314 e. The van der Waals surface area contributed by atoms with Crippen LogP contribution in [0.3, 0.4) is 0 Å². The molecule has 2 rings (SSSR count). The zero-order valence-electron chi connectivity index (χ0n) is 14.5. The van der Waals surface area contributed by atoms with E-state index < -0.39 is 11.8 Å². The van der Waals surface area contributed by atoms with Gasteiger partial charge in [-0.05, 0) is 48.1 Å². The molecule has 0 aliphatic rings. The lowest BCUT2D eigenvalue weighted by Gasteiger charge is -2.14. The molecule has 4 heteroatoms. The van der Waals surface area contributed by atoms with E-state index in [1.54, 1.807) is 0 Å². The summed E-state index contributed by atoms with van der Waals surface area (Å²) in [6, 6.07) is 13.4. The molecule has 24 heavy (non-hydrogen) atoms. The van der Waals surface area contributed by atoms with Crippen LogP contribution in [0.2, 0.25) is 0 Å². The Hall–Kier alpha value is -2.62. The Balaban J connectivity index is 2.10. The Kier molecular flexibility index (Phi) is 6.13. The second-order valence-electron chi connectivity index (χ2n) is 5.62. The van der Waals surface area contributed by atoms with Gasteiger partial charge in [-0.15, -0.1) is 0 Å². The van der Waals surface area contributed by atoms with Gasteiger partial charge in [-0.1, -0.05) is 51.1 Å². The maximum absolute atomic E-state index is 12.3. The number of carbonyl (C=O) groups is 2. The van der Waals surface area contributed by atoms with E-state index in [2.05, 4.69) is 17.6 Å². The number of amides is 2. The second-order valence-corrected chi connectivity index (χ2v) is 5.62. The molecule has 0 unspecified atom stereocenters. The molecule has 2 aromatic carbocycles. The quantitative estimate of drug-likeness (QED) is 0.818. The van der Waals surface area contributed by atoms with Crippen molar-refractivity contribution >= 4 is 23.2 Å². The minimum absolute atomic E-state index is 0.617. The van der Waals surface area contributed by atoms with Gasteiger partial charge >= 0.3 is 11.8 Å². The average molecular weight is 324 g/mol. The molecule has 2 N–H and O–H groups in total. The second kappa shape index (κ2) is 8.29. The van der Waals surface area contributed by atoms with Gasteiger partial charge in [-0.25, -0.2) is 0 Å². The highest BCUT2D eigenvalue weighted by molar-refractivity contribution is 6.43. The molecule has 4 nitrogen and oxygen atoms in total. The average Bonchev–Trinajstić information content (AvgIpc) is 2.62. The highest BCUT2D eigenvalue weighted by Gasteiger charge is 2.17. The first kappa shape index (κ1) is 17.7. The summed E-state index contributed by atoms with van der Waals surface area (Å²) in [4.78, 5) is 24.4. The van der Waals surface area contributed by atoms with Crippen molar-refractivity contribution in [1.82, 2.24) is 0 Å². The fourth-order valence-corrected chi connectivity index (χ4v) is 2.59. The smallest absolute Gasteiger partial charge is 0.314 e. The molecule has 0 aliphatic carbocycles. The van der Waals surface area contributed by atoms with E-state index in [4.69, 9.17) is 0 Å². The molecule has 2 amide bonds. The van der Waals surface area contributed by atoms with Crippen LogP contribution in [0.5, 0.6) is 0 Å². The van der Waals surface area contributed by atoms with Gasteiger partial charge < -0.3 is 10.6 Å². The first-order valence-electron chi connectivity index (χ1n) is 8.41. The molecule has 0 spiro atoms. The van der Waals surface area contributed by atoms with Crippen molar-refractivity contribution in [2.24, 2.45) is 0 Å². The van der Waals surface area contributed by atoms with Gasteiger partial charge in [0.25, 0.3) is 0 Å². The van der Waals surface area contributed by atoms with Crippen LogP contribution >= 0.6 is 0 Å². The van der Waals surface area contributed by atoms with Crippen LogP contribution in [-0.4, -0.2) is 11.8 Å². The fraction of sp³-hybridized carbons (Fsp3) is 0.300. The van der Waals surface area contributed by atoms with Gasteiger partial charge in [0.1, 0.15) is 0 Å². The van der Waals surface area contributed by atoms with Crippen LogP contribution in [-0.2, 0) is 28.9 Å². The van der Waals surface area contributed by atoms with Gasteiger partial charge in [0.2, 0.25) is 0 Å². The molecule has 126 valence electrons. The third-order valence-electron chi connectivity index (χ3n) is 4.06. The summed E-state index contributed by atoms with van der Waals surface area (Å²) in [7, 11) is 0.